The van der Waals surface area contributed by atoms with Crippen molar-refractivity contribution in [2.45, 2.75) is 26.2 Å². The molecule has 3 heterocycles. The van der Waals surface area contributed by atoms with Gasteiger partial charge >= 0.3 is 0 Å². The highest BCUT2D eigenvalue weighted by molar-refractivity contribution is 5.97. The molecule has 2 aromatic rings. The molecule has 2 aliphatic heterocycles. The van der Waals surface area contributed by atoms with Gasteiger partial charge in [-0.05, 0) is 45.0 Å². The lowest BCUT2D eigenvalue weighted by Crippen LogP contribution is -2.33. The average Bonchev–Trinajstić information content (AvgIpc) is 3.03. The van der Waals surface area contributed by atoms with Gasteiger partial charge in [-0.3, -0.25) is 0 Å². The van der Waals surface area contributed by atoms with Crippen molar-refractivity contribution in [2.75, 3.05) is 54.9 Å². The summed E-state index contributed by atoms with van der Waals surface area (Å²) in [6.07, 6.45) is 5.72. The number of likely N-dealkylation sites (tertiary alicyclic amines) is 1. The Hall–Kier alpha value is -2.08. The van der Waals surface area contributed by atoms with Crippen molar-refractivity contribution in [3.63, 3.8) is 0 Å². The van der Waals surface area contributed by atoms with Gasteiger partial charge < -0.3 is 20.4 Å². The molecule has 128 valence electrons. The van der Waals surface area contributed by atoms with Crippen LogP contribution in [0, 0.1) is 0 Å². The standard InChI is InChI=1S/C18H26N6/c1-2-24-13-22-16-10-14-15(11-17(16)24)20-12-21-18(14)19-6-9-23-7-4-3-5-8-23/h10-12,22H,2-9,13H2,1H3,(H,19,20,21). The summed E-state index contributed by atoms with van der Waals surface area (Å²) in [5.74, 6) is 0.941. The van der Waals surface area contributed by atoms with E-state index in [-0.39, 0.29) is 0 Å². The van der Waals surface area contributed by atoms with E-state index in [0.29, 0.717) is 0 Å². The average molecular weight is 326 g/mol. The lowest BCUT2D eigenvalue weighted by atomic mass is 10.1. The van der Waals surface area contributed by atoms with E-state index in [0.717, 1.165) is 43.0 Å². The summed E-state index contributed by atoms with van der Waals surface area (Å²) >= 11 is 0. The number of anilines is 3. The molecular formula is C18H26N6. The van der Waals surface area contributed by atoms with Gasteiger partial charge in [0.2, 0.25) is 0 Å². The maximum Gasteiger partial charge on any atom is 0.137 e. The number of rotatable bonds is 5. The van der Waals surface area contributed by atoms with Crippen molar-refractivity contribution in [3.8, 4) is 0 Å². The second-order valence-electron chi connectivity index (χ2n) is 6.63. The third-order valence-electron chi connectivity index (χ3n) is 5.10. The molecule has 1 aromatic heterocycles. The normalized spacial score (nSPS) is 17.8. The smallest absolute Gasteiger partial charge is 0.137 e. The first-order valence-corrected chi connectivity index (χ1v) is 9.09. The largest absolute Gasteiger partial charge is 0.368 e. The third-order valence-corrected chi connectivity index (χ3v) is 5.10. The highest BCUT2D eigenvalue weighted by atomic mass is 15.3. The first kappa shape index (κ1) is 15.4. The first-order chi connectivity index (χ1) is 11.8. The highest BCUT2D eigenvalue weighted by Crippen LogP contribution is 2.36. The van der Waals surface area contributed by atoms with Gasteiger partial charge in [-0.1, -0.05) is 6.42 Å². The van der Waals surface area contributed by atoms with E-state index in [9.17, 15) is 0 Å². The predicted octanol–water partition coefficient (Wildman–Crippen LogP) is 2.74. The van der Waals surface area contributed by atoms with Gasteiger partial charge in [-0.15, -0.1) is 0 Å². The molecule has 1 fully saturated rings. The first-order valence-electron chi connectivity index (χ1n) is 9.09. The van der Waals surface area contributed by atoms with Crippen molar-refractivity contribution in [1.29, 1.82) is 0 Å². The summed E-state index contributed by atoms with van der Waals surface area (Å²) in [7, 11) is 0. The van der Waals surface area contributed by atoms with Gasteiger partial charge in [0.15, 0.2) is 0 Å². The predicted molar refractivity (Wildman–Crippen MR) is 99.8 cm³/mol. The molecule has 1 saturated heterocycles. The molecule has 0 aliphatic carbocycles. The fraction of sp³-hybridized carbons (Fsp3) is 0.556. The van der Waals surface area contributed by atoms with E-state index >= 15 is 0 Å². The molecule has 0 unspecified atom stereocenters. The second kappa shape index (κ2) is 6.81. The number of nitrogens with zero attached hydrogens (tertiary/aromatic N) is 4. The molecule has 4 rings (SSSR count). The van der Waals surface area contributed by atoms with Crippen LogP contribution in [-0.2, 0) is 0 Å². The van der Waals surface area contributed by atoms with Gasteiger partial charge in [-0.2, -0.15) is 0 Å². The fourth-order valence-corrected chi connectivity index (χ4v) is 3.70. The molecule has 0 bridgehead atoms. The Balaban J connectivity index is 1.51. The zero-order chi connectivity index (χ0) is 16.4. The zero-order valence-electron chi connectivity index (χ0n) is 14.4. The molecule has 2 N–H and O–H groups in total. The van der Waals surface area contributed by atoms with Crippen molar-refractivity contribution in [2.24, 2.45) is 0 Å². The molecule has 24 heavy (non-hydrogen) atoms. The van der Waals surface area contributed by atoms with E-state index in [1.165, 1.54) is 43.7 Å². The van der Waals surface area contributed by atoms with Gasteiger partial charge in [0.1, 0.15) is 12.1 Å². The van der Waals surface area contributed by atoms with Gasteiger partial charge in [0.05, 0.1) is 23.6 Å². The van der Waals surface area contributed by atoms with Crippen LogP contribution in [-0.4, -0.2) is 54.3 Å². The molecule has 6 nitrogen and oxygen atoms in total. The maximum absolute atomic E-state index is 4.47. The molecule has 0 radical (unpaired) electrons. The highest BCUT2D eigenvalue weighted by Gasteiger charge is 2.19. The third kappa shape index (κ3) is 2.98. The van der Waals surface area contributed by atoms with Crippen molar-refractivity contribution >= 4 is 28.1 Å². The van der Waals surface area contributed by atoms with Gasteiger partial charge in [0, 0.05) is 25.0 Å². The Bertz CT molecular complexity index is 710. The zero-order valence-corrected chi connectivity index (χ0v) is 14.4. The number of benzene rings is 1. The molecule has 6 heteroatoms. The van der Waals surface area contributed by atoms with Crippen LogP contribution < -0.4 is 15.5 Å². The van der Waals surface area contributed by atoms with E-state index in [1.54, 1.807) is 6.33 Å². The van der Waals surface area contributed by atoms with Gasteiger partial charge in [0.25, 0.3) is 0 Å². The van der Waals surface area contributed by atoms with E-state index in [4.69, 9.17) is 0 Å². The molecule has 0 spiro atoms. The van der Waals surface area contributed by atoms with Crippen LogP contribution in [0.15, 0.2) is 18.5 Å². The summed E-state index contributed by atoms with van der Waals surface area (Å²) < 4.78 is 0. The number of aromatic nitrogens is 2. The SMILES string of the molecule is CCN1CNc2cc3c(NCCN4CCCCC4)ncnc3cc21. The van der Waals surface area contributed by atoms with Crippen LogP contribution in [0.2, 0.25) is 0 Å². The van der Waals surface area contributed by atoms with Crippen LogP contribution in [0.5, 0.6) is 0 Å². The number of hydrogen-bond donors (Lipinski definition) is 2. The summed E-state index contributed by atoms with van der Waals surface area (Å²) in [5, 5.41) is 8.08. The minimum absolute atomic E-state index is 0.868. The van der Waals surface area contributed by atoms with Crippen LogP contribution in [0.25, 0.3) is 10.9 Å². The minimum atomic E-state index is 0.868. The molecule has 2 aliphatic rings. The van der Waals surface area contributed by atoms with Crippen molar-refractivity contribution in [1.82, 2.24) is 14.9 Å². The molecule has 1 aromatic carbocycles. The van der Waals surface area contributed by atoms with Crippen LogP contribution in [0.1, 0.15) is 26.2 Å². The fourth-order valence-electron chi connectivity index (χ4n) is 3.70. The summed E-state index contributed by atoms with van der Waals surface area (Å²) in [6, 6.07) is 4.36. The summed E-state index contributed by atoms with van der Waals surface area (Å²) in [6.45, 7) is 8.52. The number of hydrogen-bond acceptors (Lipinski definition) is 6. The molecule has 0 atom stereocenters. The molecular weight excluding hydrogens is 300 g/mol. The van der Waals surface area contributed by atoms with Crippen LogP contribution in [0.3, 0.4) is 0 Å². The van der Waals surface area contributed by atoms with Crippen molar-refractivity contribution in [3.05, 3.63) is 18.5 Å². The van der Waals surface area contributed by atoms with Crippen LogP contribution >= 0.6 is 0 Å². The number of nitrogens with one attached hydrogen (secondary N) is 2. The Morgan fingerprint density at radius 3 is 2.88 bits per heavy atom. The minimum Gasteiger partial charge on any atom is -0.368 e. The van der Waals surface area contributed by atoms with E-state index in [2.05, 4.69) is 49.5 Å². The number of fused-ring (bicyclic) bond motifs is 2. The van der Waals surface area contributed by atoms with E-state index < -0.39 is 0 Å². The van der Waals surface area contributed by atoms with Crippen LogP contribution in [0.4, 0.5) is 17.2 Å². The Labute approximate surface area is 143 Å². The second-order valence-corrected chi connectivity index (χ2v) is 6.63. The summed E-state index contributed by atoms with van der Waals surface area (Å²) in [5.41, 5.74) is 3.42. The number of piperidine rings is 1. The lowest BCUT2D eigenvalue weighted by Gasteiger charge is -2.26. The Morgan fingerprint density at radius 2 is 2.04 bits per heavy atom. The maximum atomic E-state index is 4.47. The van der Waals surface area contributed by atoms with Gasteiger partial charge in [-0.25, -0.2) is 9.97 Å². The topological polar surface area (TPSA) is 56.3 Å². The lowest BCUT2D eigenvalue weighted by molar-refractivity contribution is 0.237. The quantitative estimate of drug-likeness (QED) is 0.881. The van der Waals surface area contributed by atoms with E-state index in [1.807, 2.05) is 0 Å². The molecule has 0 saturated carbocycles. The Kier molecular flexibility index (Phi) is 4.38. The Morgan fingerprint density at radius 1 is 1.17 bits per heavy atom. The monoisotopic (exact) mass is 326 g/mol. The summed E-state index contributed by atoms with van der Waals surface area (Å²) in [4.78, 5) is 13.8. The van der Waals surface area contributed by atoms with Crippen molar-refractivity contribution < 1.29 is 0 Å². The molecule has 0 amide bonds.